The molecule has 3 nitrogen and oxygen atoms in total. The summed E-state index contributed by atoms with van der Waals surface area (Å²) in [7, 11) is 0. The Bertz CT molecular complexity index is 82.5. The van der Waals surface area contributed by atoms with Crippen molar-refractivity contribution in [1.29, 1.82) is 0 Å². The van der Waals surface area contributed by atoms with Gasteiger partial charge in [0.05, 0.1) is 0 Å². The third-order valence-electron chi connectivity index (χ3n) is 1.05. The molecule has 0 aromatic heterocycles. The second-order valence-corrected chi connectivity index (χ2v) is 3.61. The summed E-state index contributed by atoms with van der Waals surface area (Å²) in [4.78, 5) is 0. The molecule has 5 N–H and O–H groups in total. The Labute approximate surface area is 86.5 Å². The minimum Gasteiger partial charge on any atom is -0.328 e. The van der Waals surface area contributed by atoms with E-state index in [1.807, 2.05) is 13.8 Å². The lowest BCUT2D eigenvalue weighted by Crippen LogP contribution is -2.06. The smallest absolute Gasteiger partial charge is 0.00179 e. The first-order valence-electron chi connectivity index (χ1n) is 4.57. The van der Waals surface area contributed by atoms with Crippen LogP contribution < -0.4 is 16.2 Å². The zero-order chi connectivity index (χ0) is 10.5. The van der Waals surface area contributed by atoms with Gasteiger partial charge in [0.15, 0.2) is 0 Å². The lowest BCUT2D eigenvalue weighted by molar-refractivity contribution is 0.834. The third kappa shape index (κ3) is 33.4. The van der Waals surface area contributed by atoms with E-state index in [1.54, 1.807) is 5.41 Å². The highest BCUT2D eigenvalue weighted by Gasteiger charge is 1.93. The molecule has 1 aliphatic heterocycles. The molecule has 1 rings (SSSR count). The lowest BCUT2D eigenvalue weighted by Gasteiger charge is -1.81. The second kappa shape index (κ2) is 14.5. The number of nitrogens with one attached hydrogen (secondary N) is 1. The van der Waals surface area contributed by atoms with Crippen LogP contribution in [0, 0.1) is 0 Å². The van der Waals surface area contributed by atoms with Gasteiger partial charge in [-0.2, -0.15) is 0 Å². The van der Waals surface area contributed by atoms with Gasteiger partial charge in [-0.05, 0) is 37.4 Å². The number of hydrogen-bond donors (Lipinski definition) is 3. The minimum atomic E-state index is 0.333. The first-order valence-corrected chi connectivity index (χ1v) is 5.52. The van der Waals surface area contributed by atoms with Crippen molar-refractivity contribution in [3.05, 3.63) is 12.0 Å². The van der Waals surface area contributed by atoms with Gasteiger partial charge in [-0.25, -0.2) is 0 Å². The lowest BCUT2D eigenvalue weighted by atomic mass is 10.4. The van der Waals surface area contributed by atoms with Crippen molar-refractivity contribution < 1.29 is 0 Å². The summed E-state index contributed by atoms with van der Waals surface area (Å²) in [6.45, 7) is 9.71. The molecule has 0 saturated carbocycles. The van der Waals surface area contributed by atoms with Crippen LogP contribution in [0.15, 0.2) is 12.0 Å². The summed E-state index contributed by atoms with van der Waals surface area (Å²) in [5.41, 5.74) is 5.11. The van der Waals surface area contributed by atoms with Crippen molar-refractivity contribution in [1.82, 2.24) is 5.32 Å². The molecule has 13 heavy (non-hydrogen) atoms. The Morgan fingerprint density at radius 1 is 1.38 bits per heavy atom. The summed E-state index contributed by atoms with van der Waals surface area (Å²) in [6, 6.07) is 0.333. The molecule has 1 fully saturated rings. The maximum Gasteiger partial charge on any atom is -0.00179 e. The van der Waals surface area contributed by atoms with Crippen molar-refractivity contribution in [3.8, 4) is 0 Å². The predicted molar refractivity (Wildman–Crippen MR) is 63.4 cm³/mol. The van der Waals surface area contributed by atoms with Crippen LogP contribution in [0.1, 0.15) is 26.7 Å². The van der Waals surface area contributed by atoms with E-state index in [2.05, 4.69) is 11.9 Å². The molecular weight excluding hydrogens is 182 g/mol. The van der Waals surface area contributed by atoms with Crippen molar-refractivity contribution >= 4 is 11.9 Å². The van der Waals surface area contributed by atoms with Crippen LogP contribution >= 0.6 is 11.9 Å². The summed E-state index contributed by atoms with van der Waals surface area (Å²) in [6.07, 6.45) is 2.78. The van der Waals surface area contributed by atoms with E-state index in [9.17, 15) is 0 Å². The van der Waals surface area contributed by atoms with Crippen LogP contribution in [0.4, 0.5) is 0 Å². The number of hydrogen-bond acceptors (Lipinski definition) is 4. The van der Waals surface area contributed by atoms with Crippen LogP contribution in [-0.4, -0.2) is 19.1 Å². The zero-order valence-electron chi connectivity index (χ0n) is 8.75. The highest BCUT2D eigenvalue weighted by atomic mass is 32.2. The van der Waals surface area contributed by atoms with Crippen molar-refractivity contribution in [2.45, 2.75) is 32.7 Å². The van der Waals surface area contributed by atoms with E-state index in [1.165, 1.54) is 25.9 Å². The molecule has 0 spiro atoms. The molecule has 1 aliphatic rings. The van der Waals surface area contributed by atoms with Crippen LogP contribution in [0.2, 0.25) is 0 Å². The topological polar surface area (TPSA) is 64.1 Å². The molecule has 1 heterocycles. The average molecular weight is 205 g/mol. The van der Waals surface area contributed by atoms with Crippen LogP contribution in [-0.2, 0) is 0 Å². The third-order valence-corrected chi connectivity index (χ3v) is 1.25. The summed E-state index contributed by atoms with van der Waals surface area (Å²) in [5, 5.41) is 9.62. The van der Waals surface area contributed by atoms with E-state index in [4.69, 9.17) is 10.9 Å². The van der Waals surface area contributed by atoms with E-state index in [-0.39, 0.29) is 0 Å². The standard InChI is InChI=1S/C4H9N.C3H9N.C2H5NS/c1-2-4-5-3-1;1-3(2)4;1-2-4-3/h5H,1-4H2;3H,4H2,1-2H3;2H,1,3H2. The first-order chi connectivity index (χ1) is 6.15. The summed E-state index contributed by atoms with van der Waals surface area (Å²) < 4.78 is 0. The average Bonchev–Trinajstić information content (AvgIpc) is 2.59. The highest BCUT2D eigenvalue weighted by molar-refractivity contribution is 7.99. The molecule has 0 unspecified atom stereocenters. The molecule has 0 aromatic carbocycles. The van der Waals surface area contributed by atoms with Gasteiger partial charge < -0.3 is 11.1 Å². The summed E-state index contributed by atoms with van der Waals surface area (Å²) in [5.74, 6) is 0. The van der Waals surface area contributed by atoms with Gasteiger partial charge in [-0.1, -0.05) is 32.4 Å². The quantitative estimate of drug-likeness (QED) is 0.567. The molecule has 0 atom stereocenters. The fraction of sp³-hybridized carbons (Fsp3) is 0.778. The molecule has 0 aromatic rings. The molecule has 0 radical (unpaired) electrons. The minimum absolute atomic E-state index is 0.333. The van der Waals surface area contributed by atoms with Gasteiger partial charge in [0.1, 0.15) is 0 Å². The monoisotopic (exact) mass is 205 g/mol. The van der Waals surface area contributed by atoms with Gasteiger partial charge in [0.2, 0.25) is 0 Å². The Morgan fingerprint density at radius 3 is 1.77 bits per heavy atom. The van der Waals surface area contributed by atoms with Crippen molar-refractivity contribution in [3.63, 3.8) is 0 Å². The molecule has 0 aliphatic carbocycles. The van der Waals surface area contributed by atoms with E-state index in [0.29, 0.717) is 6.04 Å². The Hall–Kier alpha value is -0.0300. The van der Waals surface area contributed by atoms with Crippen molar-refractivity contribution in [2.24, 2.45) is 10.9 Å². The Balaban J connectivity index is 0. The van der Waals surface area contributed by atoms with E-state index >= 15 is 0 Å². The van der Waals surface area contributed by atoms with Gasteiger partial charge in [0.25, 0.3) is 0 Å². The van der Waals surface area contributed by atoms with Crippen molar-refractivity contribution in [2.75, 3.05) is 13.1 Å². The molecule has 4 heteroatoms. The fourth-order valence-corrected chi connectivity index (χ4v) is 0.625. The Morgan fingerprint density at radius 2 is 1.69 bits per heavy atom. The molecule has 0 amide bonds. The van der Waals surface area contributed by atoms with Crippen LogP contribution in [0.25, 0.3) is 0 Å². The number of nitrogens with two attached hydrogens (primary N) is 2. The normalized spacial score (nSPS) is 13.9. The maximum atomic E-state index is 5.11. The summed E-state index contributed by atoms with van der Waals surface area (Å²) >= 11 is 1.12. The molecule has 80 valence electrons. The predicted octanol–water partition coefficient (Wildman–Crippen LogP) is 1.46. The fourth-order valence-electron chi connectivity index (χ4n) is 0.625. The highest BCUT2D eigenvalue weighted by Crippen LogP contribution is 1.90. The van der Waals surface area contributed by atoms with Gasteiger partial charge in [-0.15, -0.1) is 0 Å². The SMILES string of the molecule is C1CCNC1.C=CSN.CC(C)N. The number of rotatable bonds is 1. The zero-order valence-corrected chi connectivity index (χ0v) is 9.57. The van der Waals surface area contributed by atoms with Gasteiger partial charge in [-0.3, -0.25) is 5.14 Å². The van der Waals surface area contributed by atoms with Gasteiger partial charge >= 0.3 is 0 Å². The largest absolute Gasteiger partial charge is 0.328 e. The molecule has 1 saturated heterocycles. The first kappa shape index (κ1) is 15.4. The van der Waals surface area contributed by atoms with E-state index < -0.39 is 0 Å². The molecular formula is C9H23N3S. The molecule has 0 bridgehead atoms. The second-order valence-electron chi connectivity index (χ2n) is 3.00. The maximum absolute atomic E-state index is 5.11. The Kier molecular flexibility index (Phi) is 17.2. The van der Waals surface area contributed by atoms with Crippen LogP contribution in [0.5, 0.6) is 0 Å². The van der Waals surface area contributed by atoms with E-state index in [0.717, 1.165) is 11.9 Å². The van der Waals surface area contributed by atoms with Gasteiger partial charge in [0, 0.05) is 0 Å². The van der Waals surface area contributed by atoms with Crippen LogP contribution in [0.3, 0.4) is 0 Å².